The van der Waals surface area contributed by atoms with E-state index in [1.54, 1.807) is 6.08 Å². The third-order valence-corrected chi connectivity index (χ3v) is 9.77. The highest BCUT2D eigenvalue weighted by atomic mass is 16.8. The Balaban J connectivity index is 1.32. The van der Waals surface area contributed by atoms with Gasteiger partial charge >= 0.3 is 0 Å². The highest BCUT2D eigenvalue weighted by Gasteiger charge is 2.76. The van der Waals surface area contributed by atoms with Crippen LogP contribution in [0.4, 0.5) is 0 Å². The van der Waals surface area contributed by atoms with E-state index in [1.165, 1.54) is 5.57 Å². The van der Waals surface area contributed by atoms with Crippen molar-refractivity contribution in [2.75, 3.05) is 6.61 Å². The molecule has 1 aliphatic heterocycles. The van der Waals surface area contributed by atoms with E-state index in [2.05, 4.69) is 19.9 Å². The van der Waals surface area contributed by atoms with Crippen molar-refractivity contribution < 1.29 is 19.4 Å². The smallest absolute Gasteiger partial charge is 0.264 e. The first-order valence-electron chi connectivity index (χ1n) is 11.9. The molecule has 0 spiro atoms. The van der Waals surface area contributed by atoms with Crippen LogP contribution in [0.3, 0.4) is 0 Å². The second-order valence-electron chi connectivity index (χ2n) is 10.9. The third kappa shape index (κ3) is 2.52. The molecular formula is C27H32O4. The maximum atomic E-state index is 12.2. The molecule has 0 aromatic heterocycles. The van der Waals surface area contributed by atoms with E-state index in [1.807, 2.05) is 36.4 Å². The highest BCUT2D eigenvalue weighted by Crippen LogP contribution is 2.70. The van der Waals surface area contributed by atoms with Crippen LogP contribution in [-0.4, -0.2) is 28.9 Å². The van der Waals surface area contributed by atoms with Crippen LogP contribution in [0.15, 0.2) is 54.1 Å². The van der Waals surface area contributed by atoms with Crippen molar-refractivity contribution in [1.82, 2.24) is 0 Å². The van der Waals surface area contributed by atoms with E-state index in [0.29, 0.717) is 24.4 Å². The van der Waals surface area contributed by atoms with Crippen LogP contribution in [0.5, 0.6) is 5.75 Å². The number of hydrogen-bond donors (Lipinski definition) is 1. The minimum absolute atomic E-state index is 0.0207. The Morgan fingerprint density at radius 1 is 1.06 bits per heavy atom. The number of carbonyl (C=O) groups is 1. The molecule has 4 heteroatoms. The van der Waals surface area contributed by atoms with Gasteiger partial charge in [-0.2, -0.15) is 0 Å². The van der Waals surface area contributed by atoms with Crippen LogP contribution < -0.4 is 4.74 Å². The second-order valence-corrected chi connectivity index (χ2v) is 10.9. The highest BCUT2D eigenvalue weighted by molar-refractivity contribution is 6.01. The minimum Gasteiger partial charge on any atom is -0.457 e. The molecule has 3 saturated carbocycles. The molecule has 4 nitrogen and oxygen atoms in total. The maximum Gasteiger partial charge on any atom is 0.264 e. The van der Waals surface area contributed by atoms with E-state index in [-0.39, 0.29) is 16.6 Å². The van der Waals surface area contributed by atoms with Gasteiger partial charge in [-0.15, -0.1) is 0 Å². The number of aliphatic hydroxyl groups is 1. The second kappa shape index (κ2) is 6.32. The SMILES string of the molecule is C[C@]12C=CC(=O)C=C1CC[C@@H]1[C@@H]2CC[C@@]2(C)[C@H]1CC[C@]2(O)[C@]1(Oc2ccccc2)CO1. The lowest BCUT2D eigenvalue weighted by atomic mass is 9.47. The number of hydrogen-bond acceptors (Lipinski definition) is 4. The Hall–Kier alpha value is -1.91. The normalized spacial score (nSPS) is 47.8. The Bertz CT molecular complexity index is 976. The van der Waals surface area contributed by atoms with Gasteiger partial charge in [-0.1, -0.05) is 43.7 Å². The molecular weight excluding hydrogens is 388 g/mol. The first-order chi connectivity index (χ1) is 14.8. The summed E-state index contributed by atoms with van der Waals surface area (Å²) in [5, 5.41) is 12.2. The summed E-state index contributed by atoms with van der Waals surface area (Å²) in [5.41, 5.74) is 0.0757. The fourth-order valence-corrected chi connectivity index (χ4v) is 7.97. The molecule has 0 amide bonds. The molecule has 1 aromatic rings. The largest absolute Gasteiger partial charge is 0.457 e. The zero-order valence-corrected chi connectivity index (χ0v) is 18.5. The first kappa shape index (κ1) is 19.8. The molecule has 164 valence electrons. The number of ether oxygens (including phenoxy) is 2. The molecule has 0 unspecified atom stereocenters. The van der Waals surface area contributed by atoms with Crippen molar-refractivity contribution in [3.05, 3.63) is 54.1 Å². The summed E-state index contributed by atoms with van der Waals surface area (Å²) in [6.07, 6.45) is 11.7. The van der Waals surface area contributed by atoms with Gasteiger partial charge in [0.1, 0.15) is 18.0 Å². The number of carbonyl (C=O) groups excluding carboxylic acids is 1. The van der Waals surface area contributed by atoms with E-state index in [9.17, 15) is 9.90 Å². The third-order valence-electron chi connectivity index (χ3n) is 9.77. The molecule has 6 rings (SSSR count). The molecule has 0 bridgehead atoms. The van der Waals surface area contributed by atoms with Crippen LogP contribution in [-0.2, 0) is 9.53 Å². The molecule has 4 aliphatic carbocycles. The number of fused-ring (bicyclic) bond motifs is 5. The zero-order chi connectivity index (χ0) is 21.5. The quantitative estimate of drug-likeness (QED) is 0.712. The number of benzene rings is 1. The Morgan fingerprint density at radius 2 is 1.81 bits per heavy atom. The Kier molecular flexibility index (Phi) is 4.03. The molecule has 7 atom stereocenters. The van der Waals surface area contributed by atoms with E-state index in [4.69, 9.17) is 9.47 Å². The van der Waals surface area contributed by atoms with Crippen LogP contribution in [0.25, 0.3) is 0 Å². The van der Waals surface area contributed by atoms with Gasteiger partial charge in [0.25, 0.3) is 5.79 Å². The number of allylic oxidation sites excluding steroid dienone is 4. The lowest BCUT2D eigenvalue weighted by Crippen LogP contribution is -2.61. The molecule has 31 heavy (non-hydrogen) atoms. The van der Waals surface area contributed by atoms with Gasteiger partial charge in [0.15, 0.2) is 5.78 Å². The fourth-order valence-electron chi connectivity index (χ4n) is 7.97. The summed E-state index contributed by atoms with van der Waals surface area (Å²) in [5.74, 6) is 1.49. The summed E-state index contributed by atoms with van der Waals surface area (Å²) in [7, 11) is 0. The molecule has 1 heterocycles. The van der Waals surface area contributed by atoms with Gasteiger partial charge in [-0.25, -0.2) is 0 Å². The Labute approximate surface area is 184 Å². The molecule has 1 aromatic carbocycles. The molecule has 1 N–H and O–H groups in total. The predicted molar refractivity (Wildman–Crippen MR) is 117 cm³/mol. The molecule has 5 aliphatic rings. The lowest BCUT2D eigenvalue weighted by molar-refractivity contribution is -0.207. The van der Waals surface area contributed by atoms with E-state index < -0.39 is 11.4 Å². The van der Waals surface area contributed by atoms with Crippen LogP contribution >= 0.6 is 0 Å². The standard InChI is InChI=1S/C27H32O4/c1-24-13-10-19(28)16-18(24)8-9-21-22(24)11-14-25(2)23(21)12-15-26(25,29)27(17-30-27)31-20-6-4-3-5-7-20/h3-7,10,13,16,21-23,29H,8-9,11-12,14-15,17H2,1-2H3/t21-,22+,23+,24+,25+,26-,27-/m1/s1. The van der Waals surface area contributed by atoms with Crippen LogP contribution in [0, 0.1) is 28.6 Å². The lowest BCUT2D eigenvalue weighted by Gasteiger charge is -2.58. The maximum absolute atomic E-state index is 12.2. The summed E-state index contributed by atoms with van der Waals surface area (Å²) in [6.45, 7) is 5.06. The number of rotatable bonds is 3. The van der Waals surface area contributed by atoms with Gasteiger partial charge in [-0.05, 0) is 80.6 Å². The number of epoxide rings is 1. The molecule has 1 saturated heterocycles. The van der Waals surface area contributed by atoms with Gasteiger partial charge in [-0.3, -0.25) is 4.79 Å². The monoisotopic (exact) mass is 420 g/mol. The van der Waals surface area contributed by atoms with Crippen molar-refractivity contribution in [1.29, 1.82) is 0 Å². The van der Waals surface area contributed by atoms with Gasteiger partial charge < -0.3 is 14.6 Å². The minimum atomic E-state index is -0.985. The van der Waals surface area contributed by atoms with Crippen molar-refractivity contribution in [2.24, 2.45) is 28.6 Å². The Morgan fingerprint density at radius 3 is 2.55 bits per heavy atom. The van der Waals surface area contributed by atoms with E-state index in [0.717, 1.165) is 44.3 Å². The van der Waals surface area contributed by atoms with Crippen molar-refractivity contribution in [3.8, 4) is 5.75 Å². The van der Waals surface area contributed by atoms with Crippen molar-refractivity contribution in [3.63, 3.8) is 0 Å². The van der Waals surface area contributed by atoms with E-state index >= 15 is 0 Å². The zero-order valence-electron chi connectivity index (χ0n) is 18.5. The van der Waals surface area contributed by atoms with Gasteiger partial charge in [0.05, 0.1) is 0 Å². The number of para-hydroxylation sites is 1. The average molecular weight is 421 g/mol. The summed E-state index contributed by atoms with van der Waals surface area (Å²) >= 11 is 0. The first-order valence-corrected chi connectivity index (χ1v) is 11.9. The predicted octanol–water partition coefficient (Wildman–Crippen LogP) is 4.83. The molecule has 4 fully saturated rings. The van der Waals surface area contributed by atoms with Crippen LogP contribution in [0.1, 0.15) is 52.4 Å². The number of ketones is 1. The summed E-state index contributed by atoms with van der Waals surface area (Å²) < 4.78 is 12.3. The summed E-state index contributed by atoms with van der Waals surface area (Å²) in [6, 6.07) is 9.75. The van der Waals surface area contributed by atoms with Gasteiger partial charge in [0, 0.05) is 10.8 Å². The topological polar surface area (TPSA) is 59.1 Å². The summed E-state index contributed by atoms with van der Waals surface area (Å²) in [4.78, 5) is 12.0. The average Bonchev–Trinajstić information content (AvgIpc) is 3.49. The van der Waals surface area contributed by atoms with Gasteiger partial charge in [0.2, 0.25) is 0 Å². The fraction of sp³-hybridized carbons (Fsp3) is 0.593. The molecule has 0 radical (unpaired) electrons. The van der Waals surface area contributed by atoms with Crippen LogP contribution in [0.2, 0.25) is 0 Å². The van der Waals surface area contributed by atoms with Crippen molar-refractivity contribution >= 4 is 5.78 Å². The van der Waals surface area contributed by atoms with Crippen molar-refractivity contribution in [2.45, 2.75) is 63.8 Å².